The Labute approximate surface area is 119 Å². The van der Waals surface area contributed by atoms with Gasteiger partial charge in [0.2, 0.25) is 0 Å². The van der Waals surface area contributed by atoms with Gasteiger partial charge >= 0.3 is 0 Å². The van der Waals surface area contributed by atoms with E-state index in [0.717, 1.165) is 18.8 Å². The van der Waals surface area contributed by atoms with E-state index in [-0.39, 0.29) is 6.10 Å². The molecule has 1 unspecified atom stereocenters. The van der Waals surface area contributed by atoms with Crippen molar-refractivity contribution in [3.63, 3.8) is 0 Å². The number of hydrogen-bond donors (Lipinski definition) is 1. The van der Waals surface area contributed by atoms with Crippen LogP contribution < -0.4 is 10.1 Å². The van der Waals surface area contributed by atoms with Gasteiger partial charge in [-0.15, -0.1) is 11.3 Å². The van der Waals surface area contributed by atoms with Gasteiger partial charge in [-0.1, -0.05) is 24.3 Å². The van der Waals surface area contributed by atoms with Crippen LogP contribution in [0.15, 0.2) is 35.7 Å². The molecule has 0 radical (unpaired) electrons. The minimum Gasteiger partial charge on any atom is -0.489 e. The molecule has 1 N–H and O–H groups in total. The quantitative estimate of drug-likeness (QED) is 0.862. The van der Waals surface area contributed by atoms with Crippen molar-refractivity contribution < 1.29 is 4.74 Å². The van der Waals surface area contributed by atoms with E-state index in [1.54, 1.807) is 11.3 Å². The largest absolute Gasteiger partial charge is 0.489 e. The molecule has 1 aromatic heterocycles. The Morgan fingerprint density at radius 2 is 1.89 bits per heavy atom. The van der Waals surface area contributed by atoms with Crippen LogP contribution in [0, 0.1) is 13.8 Å². The van der Waals surface area contributed by atoms with Gasteiger partial charge in [0.05, 0.1) is 0 Å². The van der Waals surface area contributed by atoms with Crippen LogP contribution in [0.4, 0.5) is 0 Å². The normalized spacial score (nSPS) is 12.4. The summed E-state index contributed by atoms with van der Waals surface area (Å²) < 4.78 is 6.04. The van der Waals surface area contributed by atoms with E-state index >= 15 is 0 Å². The number of benzene rings is 1. The van der Waals surface area contributed by atoms with Crippen LogP contribution >= 0.6 is 11.3 Å². The molecule has 0 amide bonds. The highest BCUT2D eigenvalue weighted by molar-refractivity contribution is 7.09. The maximum absolute atomic E-state index is 6.04. The van der Waals surface area contributed by atoms with Crippen LogP contribution in [0.3, 0.4) is 0 Å². The molecule has 1 atom stereocenters. The SMILES string of the molecule is Cc1cccc(C)c1OC(C)CNCc1cccs1. The van der Waals surface area contributed by atoms with Crippen molar-refractivity contribution in [3.8, 4) is 5.75 Å². The zero-order valence-corrected chi connectivity index (χ0v) is 12.6. The summed E-state index contributed by atoms with van der Waals surface area (Å²) in [5, 5.41) is 5.54. The van der Waals surface area contributed by atoms with Crippen LogP contribution in [0.5, 0.6) is 5.75 Å². The Balaban J connectivity index is 1.82. The fraction of sp³-hybridized carbons (Fsp3) is 0.375. The standard InChI is InChI=1S/C16H21NOS/c1-12-6-4-7-13(2)16(12)18-14(3)10-17-11-15-8-5-9-19-15/h4-9,14,17H,10-11H2,1-3H3. The summed E-state index contributed by atoms with van der Waals surface area (Å²) in [6, 6.07) is 10.5. The van der Waals surface area contributed by atoms with Gasteiger partial charge in [-0.2, -0.15) is 0 Å². The van der Waals surface area contributed by atoms with Gasteiger partial charge in [-0.25, -0.2) is 0 Å². The van der Waals surface area contributed by atoms with Crippen molar-refractivity contribution in [2.75, 3.05) is 6.54 Å². The Hall–Kier alpha value is -1.32. The predicted molar refractivity (Wildman–Crippen MR) is 82.0 cm³/mol. The van der Waals surface area contributed by atoms with Gasteiger partial charge in [-0.3, -0.25) is 0 Å². The van der Waals surface area contributed by atoms with Crippen molar-refractivity contribution in [1.29, 1.82) is 0 Å². The predicted octanol–water partition coefficient (Wildman–Crippen LogP) is 3.92. The lowest BCUT2D eigenvalue weighted by Crippen LogP contribution is -2.28. The second kappa shape index (κ2) is 6.73. The molecule has 102 valence electrons. The number of nitrogens with one attached hydrogen (secondary N) is 1. The van der Waals surface area contributed by atoms with E-state index in [9.17, 15) is 0 Å². The smallest absolute Gasteiger partial charge is 0.125 e. The molecule has 0 saturated carbocycles. The number of rotatable bonds is 6. The van der Waals surface area contributed by atoms with Crippen molar-refractivity contribution in [2.45, 2.75) is 33.4 Å². The molecule has 2 rings (SSSR count). The first-order valence-corrected chi connectivity index (χ1v) is 7.50. The average molecular weight is 275 g/mol. The van der Waals surface area contributed by atoms with Crippen LogP contribution in [0.25, 0.3) is 0 Å². The van der Waals surface area contributed by atoms with E-state index in [2.05, 4.69) is 61.8 Å². The third kappa shape index (κ3) is 4.08. The molecule has 2 aromatic rings. The third-order valence-electron chi connectivity index (χ3n) is 3.04. The second-order valence-electron chi connectivity index (χ2n) is 4.86. The molecule has 0 aliphatic heterocycles. The van der Waals surface area contributed by atoms with Crippen LogP contribution in [0.2, 0.25) is 0 Å². The van der Waals surface area contributed by atoms with Crippen molar-refractivity contribution >= 4 is 11.3 Å². The van der Waals surface area contributed by atoms with E-state index in [1.165, 1.54) is 16.0 Å². The van der Waals surface area contributed by atoms with Gasteiger partial charge in [0.1, 0.15) is 11.9 Å². The van der Waals surface area contributed by atoms with Crippen LogP contribution in [-0.4, -0.2) is 12.6 Å². The molecule has 0 aliphatic rings. The highest BCUT2D eigenvalue weighted by Crippen LogP contribution is 2.23. The maximum atomic E-state index is 6.04. The lowest BCUT2D eigenvalue weighted by molar-refractivity contribution is 0.214. The van der Waals surface area contributed by atoms with E-state index < -0.39 is 0 Å². The lowest BCUT2D eigenvalue weighted by Gasteiger charge is -2.18. The molecule has 3 heteroatoms. The summed E-state index contributed by atoms with van der Waals surface area (Å²) in [6.45, 7) is 8.05. The van der Waals surface area contributed by atoms with Crippen molar-refractivity contribution in [3.05, 3.63) is 51.7 Å². The van der Waals surface area contributed by atoms with E-state index in [0.29, 0.717) is 0 Å². The molecular weight excluding hydrogens is 254 g/mol. The molecule has 1 aromatic carbocycles. The molecule has 0 aliphatic carbocycles. The number of ether oxygens (including phenoxy) is 1. The molecule has 0 saturated heterocycles. The Bertz CT molecular complexity index is 487. The summed E-state index contributed by atoms with van der Waals surface area (Å²) in [5.41, 5.74) is 2.40. The number of aryl methyl sites for hydroxylation is 2. The number of thiophene rings is 1. The van der Waals surface area contributed by atoms with Crippen molar-refractivity contribution in [2.24, 2.45) is 0 Å². The fourth-order valence-corrected chi connectivity index (χ4v) is 2.71. The topological polar surface area (TPSA) is 21.3 Å². The highest BCUT2D eigenvalue weighted by atomic mass is 32.1. The Kier molecular flexibility index (Phi) is 5.00. The first-order chi connectivity index (χ1) is 9.16. The second-order valence-corrected chi connectivity index (χ2v) is 5.89. The lowest BCUT2D eigenvalue weighted by atomic mass is 10.1. The first-order valence-electron chi connectivity index (χ1n) is 6.63. The average Bonchev–Trinajstić information content (AvgIpc) is 2.87. The molecule has 1 heterocycles. The number of para-hydroxylation sites is 1. The molecular formula is C16H21NOS. The minimum absolute atomic E-state index is 0.166. The Morgan fingerprint density at radius 1 is 1.16 bits per heavy atom. The minimum atomic E-state index is 0.166. The van der Waals surface area contributed by atoms with Gasteiger partial charge in [0, 0.05) is 18.0 Å². The molecule has 0 fully saturated rings. The number of hydrogen-bond acceptors (Lipinski definition) is 3. The van der Waals surface area contributed by atoms with Gasteiger partial charge in [-0.05, 0) is 43.3 Å². The van der Waals surface area contributed by atoms with E-state index in [1.807, 2.05) is 0 Å². The third-order valence-corrected chi connectivity index (χ3v) is 3.92. The molecule has 0 bridgehead atoms. The maximum Gasteiger partial charge on any atom is 0.125 e. The van der Waals surface area contributed by atoms with Gasteiger partial charge in [0.15, 0.2) is 0 Å². The van der Waals surface area contributed by atoms with Crippen molar-refractivity contribution in [1.82, 2.24) is 5.32 Å². The van der Waals surface area contributed by atoms with Gasteiger partial charge < -0.3 is 10.1 Å². The monoisotopic (exact) mass is 275 g/mol. The zero-order chi connectivity index (χ0) is 13.7. The summed E-state index contributed by atoms with van der Waals surface area (Å²) in [5.74, 6) is 1.02. The molecule has 2 nitrogen and oxygen atoms in total. The molecule has 19 heavy (non-hydrogen) atoms. The van der Waals surface area contributed by atoms with Crippen LogP contribution in [0.1, 0.15) is 22.9 Å². The first kappa shape index (κ1) is 14.1. The fourth-order valence-electron chi connectivity index (χ4n) is 2.04. The molecule has 0 spiro atoms. The summed E-state index contributed by atoms with van der Waals surface area (Å²) in [7, 11) is 0. The Morgan fingerprint density at radius 3 is 2.53 bits per heavy atom. The van der Waals surface area contributed by atoms with Gasteiger partial charge in [0.25, 0.3) is 0 Å². The summed E-state index contributed by atoms with van der Waals surface area (Å²) in [6.07, 6.45) is 0.166. The highest BCUT2D eigenvalue weighted by Gasteiger charge is 2.08. The summed E-state index contributed by atoms with van der Waals surface area (Å²) >= 11 is 1.78. The van der Waals surface area contributed by atoms with E-state index in [4.69, 9.17) is 4.74 Å². The van der Waals surface area contributed by atoms with Crippen LogP contribution in [-0.2, 0) is 6.54 Å². The summed E-state index contributed by atoms with van der Waals surface area (Å²) in [4.78, 5) is 1.36. The zero-order valence-electron chi connectivity index (χ0n) is 11.8.